The van der Waals surface area contributed by atoms with Crippen LogP contribution in [0.25, 0.3) is 0 Å². The summed E-state index contributed by atoms with van der Waals surface area (Å²) in [7, 11) is 0. The Hall–Kier alpha value is -2.52. The fourth-order valence-corrected chi connectivity index (χ4v) is 2.34. The van der Waals surface area contributed by atoms with Gasteiger partial charge in [0, 0.05) is 19.3 Å². The van der Waals surface area contributed by atoms with Crippen LogP contribution >= 0.6 is 0 Å². The molecular weight excluding hydrogens is 389 g/mol. The fourth-order valence-electron chi connectivity index (χ4n) is 2.34. The summed E-state index contributed by atoms with van der Waals surface area (Å²) in [5, 5.41) is 7.72. The Morgan fingerprint density at radius 2 is 1.72 bits per heavy atom. The van der Waals surface area contributed by atoms with E-state index in [9.17, 15) is 22.8 Å². The first-order chi connectivity index (χ1) is 13.1. The van der Waals surface area contributed by atoms with Crippen molar-refractivity contribution in [3.05, 3.63) is 23.9 Å². The molecule has 0 spiro atoms. The molecule has 0 saturated heterocycles. The standard InChI is InChI=1S/C19H29F3N4O3/c1-17(2,3)13(26-16(28)29-18(4,5)6)15(27)25-11-10-24-14-12(19(20,21)22)8-7-9-23-14/h7-9,13H,10-11H2,1-6H3,(H,23,24)(H,25,27)(H,26,28)/t13-/m1/s1. The molecule has 3 N–H and O–H groups in total. The highest BCUT2D eigenvalue weighted by molar-refractivity contribution is 5.86. The molecule has 10 heteroatoms. The van der Waals surface area contributed by atoms with Gasteiger partial charge in [-0.3, -0.25) is 4.79 Å². The molecule has 1 aromatic rings. The molecule has 1 atom stereocenters. The van der Waals surface area contributed by atoms with Gasteiger partial charge in [-0.1, -0.05) is 20.8 Å². The second kappa shape index (κ2) is 9.32. The number of ether oxygens (including phenoxy) is 1. The highest BCUT2D eigenvalue weighted by Gasteiger charge is 2.35. The maximum Gasteiger partial charge on any atom is 0.419 e. The summed E-state index contributed by atoms with van der Waals surface area (Å²) >= 11 is 0. The number of hydrogen-bond acceptors (Lipinski definition) is 5. The zero-order chi connectivity index (χ0) is 22.5. The van der Waals surface area contributed by atoms with Gasteiger partial charge in [0.05, 0.1) is 5.56 Å². The number of hydrogen-bond donors (Lipinski definition) is 3. The first-order valence-electron chi connectivity index (χ1n) is 9.14. The third kappa shape index (κ3) is 8.57. The number of rotatable bonds is 6. The summed E-state index contributed by atoms with van der Waals surface area (Å²) < 4.78 is 44.1. The van der Waals surface area contributed by atoms with Crippen LogP contribution < -0.4 is 16.0 Å². The summed E-state index contributed by atoms with van der Waals surface area (Å²) in [5.41, 5.74) is -2.21. The Balaban J connectivity index is 2.66. The Morgan fingerprint density at radius 3 is 2.24 bits per heavy atom. The van der Waals surface area contributed by atoms with Crippen LogP contribution in [0.5, 0.6) is 0 Å². The van der Waals surface area contributed by atoms with Crippen molar-refractivity contribution in [3.8, 4) is 0 Å². The van der Waals surface area contributed by atoms with E-state index in [1.54, 1.807) is 41.5 Å². The number of carbonyl (C=O) groups excluding carboxylic acids is 2. The molecule has 0 aliphatic carbocycles. The Morgan fingerprint density at radius 1 is 1.10 bits per heavy atom. The van der Waals surface area contributed by atoms with Crippen molar-refractivity contribution >= 4 is 17.8 Å². The zero-order valence-corrected chi connectivity index (χ0v) is 17.5. The average molecular weight is 418 g/mol. The van der Waals surface area contributed by atoms with Gasteiger partial charge in [-0.2, -0.15) is 13.2 Å². The summed E-state index contributed by atoms with van der Waals surface area (Å²) in [6.45, 7) is 10.5. The first-order valence-corrected chi connectivity index (χ1v) is 9.14. The van der Waals surface area contributed by atoms with Crippen molar-refractivity contribution in [1.82, 2.24) is 15.6 Å². The molecule has 0 bridgehead atoms. The summed E-state index contributed by atoms with van der Waals surface area (Å²) in [5.74, 6) is -0.782. The Bertz CT molecular complexity index is 710. The smallest absolute Gasteiger partial charge is 0.419 e. The predicted molar refractivity (Wildman–Crippen MR) is 103 cm³/mol. The molecule has 0 fully saturated rings. The summed E-state index contributed by atoms with van der Waals surface area (Å²) in [6, 6.07) is 1.23. The van der Waals surface area contributed by atoms with Gasteiger partial charge in [-0.15, -0.1) is 0 Å². The molecule has 0 saturated carbocycles. The molecule has 29 heavy (non-hydrogen) atoms. The number of nitrogens with zero attached hydrogens (tertiary/aromatic N) is 1. The average Bonchev–Trinajstić information content (AvgIpc) is 2.53. The number of pyridine rings is 1. The first kappa shape index (κ1) is 24.5. The molecule has 1 aromatic heterocycles. The molecular formula is C19H29F3N4O3. The second-order valence-corrected chi connectivity index (χ2v) is 8.56. The van der Waals surface area contributed by atoms with Gasteiger partial charge in [0.1, 0.15) is 17.5 Å². The van der Waals surface area contributed by atoms with E-state index in [2.05, 4.69) is 20.9 Å². The minimum absolute atomic E-state index is 0.0230. The maximum absolute atomic E-state index is 13.0. The monoisotopic (exact) mass is 418 g/mol. The van der Waals surface area contributed by atoms with E-state index < -0.39 is 40.8 Å². The molecule has 164 valence electrons. The third-order valence-electron chi connectivity index (χ3n) is 3.62. The van der Waals surface area contributed by atoms with Gasteiger partial charge in [-0.25, -0.2) is 9.78 Å². The van der Waals surface area contributed by atoms with Crippen LogP contribution in [0.15, 0.2) is 18.3 Å². The summed E-state index contributed by atoms with van der Waals surface area (Å²) in [4.78, 5) is 28.2. The molecule has 2 amide bonds. The van der Waals surface area contributed by atoms with Gasteiger partial charge < -0.3 is 20.7 Å². The van der Waals surface area contributed by atoms with Gasteiger partial charge in [0.15, 0.2) is 0 Å². The minimum atomic E-state index is -4.53. The van der Waals surface area contributed by atoms with Crippen LogP contribution in [0.1, 0.15) is 47.1 Å². The van der Waals surface area contributed by atoms with E-state index in [-0.39, 0.29) is 18.9 Å². The van der Waals surface area contributed by atoms with Gasteiger partial charge in [0.25, 0.3) is 0 Å². The maximum atomic E-state index is 13.0. The van der Waals surface area contributed by atoms with Crippen molar-refractivity contribution in [1.29, 1.82) is 0 Å². The summed E-state index contributed by atoms with van der Waals surface area (Å²) in [6.07, 6.45) is -4.01. The highest BCUT2D eigenvalue weighted by Crippen LogP contribution is 2.33. The zero-order valence-electron chi connectivity index (χ0n) is 17.5. The highest BCUT2D eigenvalue weighted by atomic mass is 19.4. The lowest BCUT2D eigenvalue weighted by atomic mass is 9.86. The third-order valence-corrected chi connectivity index (χ3v) is 3.62. The van der Waals surface area contributed by atoms with Crippen molar-refractivity contribution < 1.29 is 27.5 Å². The van der Waals surface area contributed by atoms with E-state index in [1.165, 1.54) is 12.3 Å². The van der Waals surface area contributed by atoms with Crippen LogP contribution in [-0.2, 0) is 15.7 Å². The van der Waals surface area contributed by atoms with Crippen LogP contribution in [-0.4, -0.2) is 41.7 Å². The number of alkyl carbamates (subject to hydrolysis) is 1. The molecule has 0 aliphatic rings. The van der Waals surface area contributed by atoms with Gasteiger partial charge >= 0.3 is 12.3 Å². The predicted octanol–water partition coefficient (Wildman–Crippen LogP) is 3.57. The van der Waals surface area contributed by atoms with Crippen molar-refractivity contribution in [2.75, 3.05) is 18.4 Å². The second-order valence-electron chi connectivity index (χ2n) is 8.56. The van der Waals surface area contributed by atoms with E-state index in [0.717, 1.165) is 6.07 Å². The molecule has 1 rings (SSSR count). The van der Waals surface area contributed by atoms with Crippen molar-refractivity contribution in [2.45, 2.75) is 59.4 Å². The number of alkyl halides is 3. The van der Waals surface area contributed by atoms with E-state index in [1.807, 2.05) is 0 Å². The van der Waals surface area contributed by atoms with Crippen molar-refractivity contribution in [3.63, 3.8) is 0 Å². The normalized spacial score (nSPS) is 13.4. The fraction of sp³-hybridized carbons (Fsp3) is 0.632. The number of aromatic nitrogens is 1. The Labute approximate surface area is 168 Å². The van der Waals surface area contributed by atoms with Crippen LogP contribution in [0, 0.1) is 5.41 Å². The topological polar surface area (TPSA) is 92.3 Å². The molecule has 0 aliphatic heterocycles. The van der Waals surface area contributed by atoms with Gasteiger partial charge in [-0.05, 0) is 38.3 Å². The molecule has 0 aromatic carbocycles. The van der Waals surface area contributed by atoms with E-state index in [0.29, 0.717) is 0 Å². The molecule has 0 radical (unpaired) electrons. The molecule has 0 unspecified atom stereocenters. The number of amides is 2. The van der Waals surface area contributed by atoms with Gasteiger partial charge in [0.2, 0.25) is 5.91 Å². The number of halogens is 3. The molecule has 1 heterocycles. The quantitative estimate of drug-likeness (QED) is 0.615. The van der Waals surface area contributed by atoms with Crippen LogP contribution in [0.2, 0.25) is 0 Å². The number of carbonyl (C=O) groups is 2. The number of nitrogens with one attached hydrogen (secondary N) is 3. The number of anilines is 1. The van der Waals surface area contributed by atoms with Crippen LogP contribution in [0.4, 0.5) is 23.8 Å². The van der Waals surface area contributed by atoms with Crippen molar-refractivity contribution in [2.24, 2.45) is 5.41 Å². The molecule has 7 nitrogen and oxygen atoms in total. The lowest BCUT2D eigenvalue weighted by Crippen LogP contribution is -2.54. The minimum Gasteiger partial charge on any atom is -0.444 e. The SMILES string of the molecule is CC(C)(C)OC(=O)N[C@H](C(=O)NCCNc1ncccc1C(F)(F)F)C(C)(C)C. The lowest BCUT2D eigenvalue weighted by molar-refractivity contribution is -0.137. The van der Waals surface area contributed by atoms with E-state index in [4.69, 9.17) is 4.74 Å². The van der Waals surface area contributed by atoms with Crippen LogP contribution in [0.3, 0.4) is 0 Å². The lowest BCUT2D eigenvalue weighted by Gasteiger charge is -2.31. The Kier molecular flexibility index (Phi) is 7.88. The van der Waals surface area contributed by atoms with E-state index >= 15 is 0 Å². The largest absolute Gasteiger partial charge is 0.444 e.